The quantitative estimate of drug-likeness (QED) is 0.833. The Morgan fingerprint density at radius 1 is 1.59 bits per heavy atom. The van der Waals surface area contributed by atoms with Crippen LogP contribution in [0.3, 0.4) is 0 Å². The van der Waals surface area contributed by atoms with E-state index in [0.29, 0.717) is 17.1 Å². The molecule has 0 amide bonds. The van der Waals surface area contributed by atoms with Crippen LogP contribution in [0.25, 0.3) is 0 Å². The monoisotopic (exact) mass is 341 g/mol. The normalized spacial score (nSPS) is 13.9. The summed E-state index contributed by atoms with van der Waals surface area (Å²) in [7, 11) is -3.47. The van der Waals surface area contributed by atoms with Crippen molar-refractivity contribution in [3.63, 3.8) is 0 Å². The smallest absolute Gasteiger partial charge is 0.250 e. The summed E-state index contributed by atoms with van der Waals surface area (Å²) in [4.78, 5) is 0. The van der Waals surface area contributed by atoms with Crippen molar-refractivity contribution < 1.29 is 13.5 Å². The molecule has 0 spiro atoms. The van der Waals surface area contributed by atoms with E-state index < -0.39 is 10.0 Å². The van der Waals surface area contributed by atoms with Crippen LogP contribution in [0.1, 0.15) is 25.3 Å². The van der Waals surface area contributed by atoms with Gasteiger partial charge in [-0.15, -0.1) is 11.3 Å². The Hall–Kier alpha value is 0.0500. The molecule has 0 radical (unpaired) electrons. The summed E-state index contributed by atoms with van der Waals surface area (Å²) in [5.41, 5.74) is 0.908. The second-order valence-electron chi connectivity index (χ2n) is 3.76. The van der Waals surface area contributed by atoms with Crippen molar-refractivity contribution in [2.45, 2.75) is 36.9 Å². The molecule has 17 heavy (non-hydrogen) atoms. The molecule has 0 fully saturated rings. The first kappa shape index (κ1) is 15.1. The summed E-state index contributed by atoms with van der Waals surface area (Å²) >= 11 is 4.50. The second kappa shape index (κ2) is 6.29. The van der Waals surface area contributed by atoms with Crippen LogP contribution in [0, 0.1) is 6.92 Å². The van der Waals surface area contributed by atoms with E-state index in [0.717, 1.165) is 9.35 Å². The largest absolute Gasteiger partial charge is 0.396 e. The Morgan fingerprint density at radius 2 is 2.24 bits per heavy atom. The summed E-state index contributed by atoms with van der Waals surface area (Å²) in [5.74, 6) is 0. The van der Waals surface area contributed by atoms with Crippen molar-refractivity contribution in [1.82, 2.24) is 4.72 Å². The average Bonchev–Trinajstić information content (AvgIpc) is 2.59. The Balaban J connectivity index is 2.88. The van der Waals surface area contributed by atoms with Gasteiger partial charge < -0.3 is 5.11 Å². The molecule has 0 aliphatic carbocycles. The fourth-order valence-electron chi connectivity index (χ4n) is 1.34. The molecular weight excluding hydrogens is 326 g/mol. The molecule has 0 aromatic carbocycles. The van der Waals surface area contributed by atoms with Gasteiger partial charge in [-0.25, -0.2) is 13.1 Å². The van der Waals surface area contributed by atoms with E-state index in [9.17, 15) is 8.42 Å². The van der Waals surface area contributed by atoms with E-state index in [-0.39, 0.29) is 12.6 Å². The molecule has 0 bridgehead atoms. The van der Waals surface area contributed by atoms with Crippen LogP contribution < -0.4 is 4.72 Å². The molecule has 1 heterocycles. The lowest BCUT2D eigenvalue weighted by Gasteiger charge is -2.14. The average molecular weight is 342 g/mol. The van der Waals surface area contributed by atoms with Gasteiger partial charge in [0.15, 0.2) is 0 Å². The number of hydrogen-bond donors (Lipinski definition) is 2. The highest BCUT2D eigenvalue weighted by Gasteiger charge is 2.21. The lowest BCUT2D eigenvalue weighted by atomic mass is 10.2. The number of halogens is 1. The van der Waals surface area contributed by atoms with Crippen LogP contribution in [0.15, 0.2) is 14.1 Å². The molecule has 98 valence electrons. The van der Waals surface area contributed by atoms with Crippen LogP contribution >= 0.6 is 27.3 Å². The summed E-state index contributed by atoms with van der Waals surface area (Å²) in [6.07, 6.45) is 1.09. The molecule has 2 N–H and O–H groups in total. The van der Waals surface area contributed by atoms with Crippen molar-refractivity contribution in [2.75, 3.05) is 6.61 Å². The number of rotatable bonds is 6. The van der Waals surface area contributed by atoms with Gasteiger partial charge in [0.05, 0.1) is 3.79 Å². The number of aryl methyl sites for hydroxylation is 1. The molecule has 0 aliphatic rings. The minimum atomic E-state index is -3.47. The Morgan fingerprint density at radius 3 is 2.65 bits per heavy atom. The minimum Gasteiger partial charge on any atom is -0.396 e. The van der Waals surface area contributed by atoms with E-state index in [1.54, 1.807) is 6.07 Å². The van der Waals surface area contributed by atoms with Crippen molar-refractivity contribution in [3.8, 4) is 0 Å². The van der Waals surface area contributed by atoms with Gasteiger partial charge in [0, 0.05) is 12.6 Å². The number of aliphatic hydroxyl groups is 1. The summed E-state index contributed by atoms with van der Waals surface area (Å²) in [6.45, 7) is 3.72. The molecule has 1 aromatic heterocycles. The zero-order valence-corrected chi connectivity index (χ0v) is 13.0. The molecule has 1 rings (SSSR count). The van der Waals surface area contributed by atoms with Gasteiger partial charge in [0.2, 0.25) is 10.0 Å². The van der Waals surface area contributed by atoms with Gasteiger partial charge in [0.1, 0.15) is 4.21 Å². The van der Waals surface area contributed by atoms with Gasteiger partial charge in [-0.05, 0) is 47.3 Å². The Labute approximate surface area is 114 Å². The van der Waals surface area contributed by atoms with Gasteiger partial charge in [0.25, 0.3) is 0 Å². The maximum absolute atomic E-state index is 12.0. The summed E-state index contributed by atoms with van der Waals surface area (Å²) in [5, 5.41) is 8.84. The van der Waals surface area contributed by atoms with E-state index >= 15 is 0 Å². The fourth-order valence-corrected chi connectivity index (χ4v) is 4.94. The molecule has 1 aromatic rings. The highest BCUT2D eigenvalue weighted by molar-refractivity contribution is 9.11. The highest BCUT2D eigenvalue weighted by Crippen LogP contribution is 2.30. The molecule has 1 atom stereocenters. The van der Waals surface area contributed by atoms with Crippen molar-refractivity contribution in [1.29, 1.82) is 0 Å². The minimum absolute atomic E-state index is 0.0197. The van der Waals surface area contributed by atoms with Gasteiger partial charge in [-0.3, -0.25) is 0 Å². The zero-order chi connectivity index (χ0) is 13.1. The van der Waals surface area contributed by atoms with E-state index in [2.05, 4.69) is 20.7 Å². The van der Waals surface area contributed by atoms with Crippen LogP contribution in [0.5, 0.6) is 0 Å². The molecule has 0 saturated carbocycles. The Kier molecular flexibility index (Phi) is 5.59. The van der Waals surface area contributed by atoms with Gasteiger partial charge >= 0.3 is 0 Å². The standard InChI is InChI=1S/C10H16BrNO3S2/c1-3-8(4-5-13)12-17(14,15)9-6-7(2)10(11)16-9/h6,8,12-13H,3-5H2,1-2H3. The first-order chi connectivity index (χ1) is 7.90. The van der Waals surface area contributed by atoms with Crippen LogP contribution in [0.2, 0.25) is 0 Å². The zero-order valence-electron chi connectivity index (χ0n) is 9.73. The molecule has 1 unspecified atom stereocenters. The van der Waals surface area contributed by atoms with Crippen molar-refractivity contribution in [2.24, 2.45) is 0 Å². The lowest BCUT2D eigenvalue weighted by molar-refractivity contribution is 0.270. The summed E-state index contributed by atoms with van der Waals surface area (Å²) < 4.78 is 27.8. The third-order valence-electron chi connectivity index (χ3n) is 2.39. The number of thiophene rings is 1. The maximum Gasteiger partial charge on any atom is 0.250 e. The lowest BCUT2D eigenvalue weighted by Crippen LogP contribution is -2.34. The third kappa shape index (κ3) is 4.03. The molecule has 0 saturated heterocycles. The van der Waals surface area contributed by atoms with Crippen LogP contribution in [-0.4, -0.2) is 26.2 Å². The van der Waals surface area contributed by atoms with Crippen LogP contribution in [-0.2, 0) is 10.0 Å². The maximum atomic E-state index is 12.0. The van der Waals surface area contributed by atoms with E-state index in [4.69, 9.17) is 5.11 Å². The Bertz CT molecular complexity index is 450. The molecular formula is C10H16BrNO3S2. The molecule has 0 aliphatic heterocycles. The number of aliphatic hydroxyl groups excluding tert-OH is 1. The predicted octanol–water partition coefficient (Wildman–Crippen LogP) is 2.26. The van der Waals surface area contributed by atoms with E-state index in [1.165, 1.54) is 11.3 Å². The number of sulfonamides is 1. The third-order valence-corrected chi connectivity index (χ3v) is 6.52. The van der Waals surface area contributed by atoms with Crippen molar-refractivity contribution >= 4 is 37.3 Å². The first-order valence-corrected chi connectivity index (χ1v) is 8.39. The van der Waals surface area contributed by atoms with Crippen LogP contribution in [0.4, 0.5) is 0 Å². The highest BCUT2D eigenvalue weighted by atomic mass is 79.9. The predicted molar refractivity (Wildman–Crippen MR) is 72.9 cm³/mol. The van der Waals surface area contributed by atoms with Crippen molar-refractivity contribution in [3.05, 3.63) is 15.4 Å². The van der Waals surface area contributed by atoms with E-state index in [1.807, 2.05) is 13.8 Å². The molecule has 7 heteroatoms. The fraction of sp³-hybridized carbons (Fsp3) is 0.600. The van der Waals surface area contributed by atoms with Gasteiger partial charge in [-0.2, -0.15) is 0 Å². The first-order valence-electron chi connectivity index (χ1n) is 5.29. The number of nitrogens with one attached hydrogen (secondary N) is 1. The number of hydrogen-bond acceptors (Lipinski definition) is 4. The van der Waals surface area contributed by atoms with Gasteiger partial charge in [-0.1, -0.05) is 6.92 Å². The SMILES string of the molecule is CCC(CCO)NS(=O)(=O)c1cc(C)c(Br)s1. The molecule has 4 nitrogen and oxygen atoms in total. The second-order valence-corrected chi connectivity index (χ2v) is 8.07. The summed E-state index contributed by atoms with van der Waals surface area (Å²) in [6, 6.07) is 1.43. The topological polar surface area (TPSA) is 66.4 Å².